The molecule has 0 atom stereocenters. The predicted octanol–water partition coefficient (Wildman–Crippen LogP) is 17.7. The monoisotopic (exact) mass is 1040 g/mol. The van der Waals surface area contributed by atoms with Crippen LogP contribution >= 0.6 is 26.8 Å². The van der Waals surface area contributed by atoms with E-state index in [4.69, 9.17) is 14.2 Å². The van der Waals surface area contributed by atoms with E-state index in [2.05, 4.69) is 27.7 Å². The first-order valence-corrected chi connectivity index (χ1v) is 42.3. The Balaban J connectivity index is 4.77. The summed E-state index contributed by atoms with van der Waals surface area (Å²) in [4.78, 5) is 39.1. The molecule has 368 valence electrons. The van der Waals surface area contributed by atoms with Gasteiger partial charge < -0.3 is 0 Å². The third-order valence-electron chi connectivity index (χ3n) is 11.8. The molecule has 0 bridgehead atoms. The zero-order valence-corrected chi connectivity index (χ0v) is 46.8. The van der Waals surface area contributed by atoms with Crippen LogP contribution < -0.4 is 0 Å². The van der Waals surface area contributed by atoms with Gasteiger partial charge >= 0.3 is 284 Å². The van der Waals surface area contributed by atoms with E-state index in [1.807, 2.05) is 0 Å². The molecule has 0 rings (SSSR count). The van der Waals surface area contributed by atoms with Gasteiger partial charge in [-0.15, -0.1) is 0 Å². The van der Waals surface area contributed by atoms with E-state index in [9.17, 15) is 14.4 Å². The van der Waals surface area contributed by atoms with Crippen molar-refractivity contribution in [3.63, 3.8) is 0 Å². The van der Waals surface area contributed by atoms with Crippen LogP contribution in [-0.2, 0) is 28.6 Å². The Hall–Kier alpha value is 0.259. The smallest absolute Gasteiger partial charge is 0.0654 e. The summed E-state index contributed by atoms with van der Waals surface area (Å²) in [6.07, 6.45) is 48.1. The third-order valence-corrected chi connectivity index (χ3v) is 50.4. The summed E-state index contributed by atoms with van der Waals surface area (Å²) in [5.41, 5.74) is 0. The van der Waals surface area contributed by atoms with Crippen molar-refractivity contribution in [2.45, 2.75) is 276 Å². The first kappa shape index (κ1) is 62.3. The Morgan fingerprint density at radius 2 is 0.484 bits per heavy atom. The summed E-state index contributed by atoms with van der Waals surface area (Å²) >= 11 is -3.37. The molecular formula is C52H102O6S3Sn. The first-order chi connectivity index (χ1) is 30.4. The van der Waals surface area contributed by atoms with Crippen molar-refractivity contribution in [3.8, 4) is 0 Å². The van der Waals surface area contributed by atoms with Gasteiger partial charge in [0.2, 0.25) is 0 Å². The maximum absolute atomic E-state index is 13.0. The van der Waals surface area contributed by atoms with Gasteiger partial charge in [-0.1, -0.05) is 117 Å². The van der Waals surface area contributed by atoms with Crippen LogP contribution in [-0.4, -0.2) is 69.2 Å². The van der Waals surface area contributed by atoms with Gasteiger partial charge in [0, 0.05) is 0 Å². The van der Waals surface area contributed by atoms with Crippen molar-refractivity contribution < 1.29 is 28.6 Å². The molecule has 0 radical (unpaired) electrons. The van der Waals surface area contributed by atoms with Crippen molar-refractivity contribution in [1.29, 1.82) is 0 Å². The molecule has 62 heavy (non-hydrogen) atoms. The molecule has 0 aliphatic heterocycles. The fourth-order valence-electron chi connectivity index (χ4n) is 7.75. The number of carbonyl (C=O) groups is 3. The number of hydrogen-bond acceptors (Lipinski definition) is 9. The quantitative estimate of drug-likeness (QED) is 0.0256. The molecule has 0 amide bonds. The van der Waals surface area contributed by atoms with Crippen molar-refractivity contribution in [3.05, 3.63) is 0 Å². The summed E-state index contributed by atoms with van der Waals surface area (Å²) in [6.45, 7) is 10.4. The number of rotatable bonds is 51. The van der Waals surface area contributed by atoms with Crippen molar-refractivity contribution in [1.82, 2.24) is 0 Å². The summed E-state index contributed by atoms with van der Waals surface area (Å²) in [5.74, 6) is 0.377. The number of esters is 3. The minimum Gasteiger partial charge on any atom is -0.0654 e. The van der Waals surface area contributed by atoms with Crippen LogP contribution in [0.15, 0.2) is 0 Å². The summed E-state index contributed by atoms with van der Waals surface area (Å²) in [6, 6.07) is 0. The number of hydrogen-bond donors (Lipinski definition) is 0. The van der Waals surface area contributed by atoms with Gasteiger partial charge in [-0.25, -0.2) is 0 Å². The standard InChI is InChI=1S/3C16H32O2S.C4H9.Sn/c3*1-2-3-4-5-6-7-8-9-10-11-12-13-14-18-16(17)15-19;1-3-4-2;/h3*19H,2-15H2,1H3;1,3-4H2,2H3;/q;;;;+3/p-3. The van der Waals surface area contributed by atoms with E-state index in [1.165, 1.54) is 193 Å². The average molecular weight is 1040 g/mol. The van der Waals surface area contributed by atoms with Crippen LogP contribution in [0.2, 0.25) is 4.44 Å². The minimum absolute atomic E-state index is 0.166. The minimum atomic E-state index is -3.37. The Kier molecular flexibility index (Phi) is 50.9. The first-order valence-electron chi connectivity index (χ1n) is 26.8. The normalized spacial score (nSPS) is 11.6. The second-order valence-corrected chi connectivity index (χ2v) is 51.7. The van der Waals surface area contributed by atoms with Gasteiger partial charge in [-0.05, 0) is 0 Å². The fraction of sp³-hybridized carbons (Fsp3) is 0.942. The zero-order valence-electron chi connectivity index (χ0n) is 41.5. The van der Waals surface area contributed by atoms with Crippen molar-refractivity contribution in [2.24, 2.45) is 0 Å². The molecule has 0 aliphatic carbocycles. The molecule has 0 aromatic carbocycles. The molecule has 10 heteroatoms. The molecule has 0 aromatic heterocycles. The molecule has 0 aromatic rings. The van der Waals surface area contributed by atoms with Crippen LogP contribution in [0.25, 0.3) is 0 Å². The van der Waals surface area contributed by atoms with Crippen LogP contribution in [0.4, 0.5) is 0 Å². The van der Waals surface area contributed by atoms with Crippen molar-refractivity contribution >= 4 is 59.0 Å². The van der Waals surface area contributed by atoms with Crippen LogP contribution in [0.5, 0.6) is 0 Å². The third kappa shape index (κ3) is 45.4. The molecule has 0 unspecified atom stereocenters. The number of unbranched alkanes of at least 4 members (excludes halogenated alkanes) is 34. The Bertz CT molecular complexity index is 861. The summed E-state index contributed by atoms with van der Waals surface area (Å²) in [7, 11) is 5.18. The van der Waals surface area contributed by atoms with E-state index in [1.54, 1.807) is 26.8 Å². The maximum atomic E-state index is 13.0. The van der Waals surface area contributed by atoms with Gasteiger partial charge in [0.15, 0.2) is 0 Å². The Morgan fingerprint density at radius 3 is 0.694 bits per heavy atom. The summed E-state index contributed by atoms with van der Waals surface area (Å²) in [5, 5.41) is 0. The molecule has 6 nitrogen and oxygen atoms in total. The molecule has 0 heterocycles. The second-order valence-electron chi connectivity index (χ2n) is 18.0. The molecule has 0 saturated heterocycles. The molecule has 0 N–H and O–H groups in total. The number of carbonyl (C=O) groups excluding carboxylic acids is 3. The van der Waals surface area contributed by atoms with Crippen molar-refractivity contribution in [2.75, 3.05) is 37.1 Å². The van der Waals surface area contributed by atoms with Gasteiger partial charge in [-0.2, -0.15) is 0 Å². The SMILES string of the molecule is CCCCCCCCCCCCCCOC(=O)C[S][Sn]([CH2]CCC)([S]CC(=O)OCCCCCCCCCCCCCC)[S]CC(=O)OCCCCCCCCCCCCCC. The van der Waals surface area contributed by atoms with E-state index in [0.29, 0.717) is 37.1 Å². The second kappa shape index (κ2) is 50.7. The molecule has 0 spiro atoms. The van der Waals surface area contributed by atoms with Gasteiger partial charge in [0.25, 0.3) is 0 Å². The van der Waals surface area contributed by atoms with E-state index < -0.39 is 14.2 Å². The van der Waals surface area contributed by atoms with Gasteiger partial charge in [0.1, 0.15) is 0 Å². The van der Waals surface area contributed by atoms with Gasteiger partial charge in [0.05, 0.1) is 0 Å². The summed E-state index contributed by atoms with van der Waals surface area (Å²) < 4.78 is 18.1. The molecule has 0 fully saturated rings. The van der Waals surface area contributed by atoms with E-state index in [-0.39, 0.29) is 17.9 Å². The Labute approximate surface area is 398 Å². The zero-order chi connectivity index (χ0) is 45.3. The van der Waals surface area contributed by atoms with Crippen LogP contribution in [0, 0.1) is 0 Å². The van der Waals surface area contributed by atoms with E-state index >= 15 is 0 Å². The molecule has 0 saturated carbocycles. The average Bonchev–Trinajstić information content (AvgIpc) is 3.27. The van der Waals surface area contributed by atoms with Gasteiger partial charge in [-0.3, -0.25) is 0 Å². The Morgan fingerprint density at radius 1 is 0.290 bits per heavy atom. The topological polar surface area (TPSA) is 78.9 Å². The van der Waals surface area contributed by atoms with E-state index in [0.717, 1.165) is 55.8 Å². The predicted molar refractivity (Wildman–Crippen MR) is 279 cm³/mol. The molecule has 0 aliphatic rings. The van der Waals surface area contributed by atoms with Crippen LogP contribution in [0.1, 0.15) is 272 Å². The fourth-order valence-corrected chi connectivity index (χ4v) is 41.5. The molecular weight excluding hydrogens is 935 g/mol. The number of ether oxygens (including phenoxy) is 3. The van der Waals surface area contributed by atoms with Crippen LogP contribution in [0.3, 0.4) is 0 Å².